The van der Waals surface area contributed by atoms with Crippen molar-refractivity contribution < 1.29 is 9.53 Å². The summed E-state index contributed by atoms with van der Waals surface area (Å²) < 4.78 is 10.3. The van der Waals surface area contributed by atoms with E-state index in [0.29, 0.717) is 16.9 Å². The van der Waals surface area contributed by atoms with Crippen LogP contribution in [0.5, 0.6) is 0 Å². The molecule has 0 radical (unpaired) electrons. The Balaban J connectivity index is 2.13. The Labute approximate surface area is 182 Å². The highest BCUT2D eigenvalue weighted by Crippen LogP contribution is 2.50. The van der Waals surface area contributed by atoms with Gasteiger partial charge in [0.05, 0.1) is 31.1 Å². The van der Waals surface area contributed by atoms with Gasteiger partial charge in [0.25, 0.3) is 0 Å². The van der Waals surface area contributed by atoms with Gasteiger partial charge in [0, 0.05) is 15.9 Å². The van der Waals surface area contributed by atoms with E-state index in [0.717, 1.165) is 15.9 Å². The molecule has 4 rings (SSSR count). The second kappa shape index (κ2) is 9.03. The summed E-state index contributed by atoms with van der Waals surface area (Å²) in [5.74, 6) is -0.474. The molecule has 0 aliphatic heterocycles. The Bertz CT molecular complexity index is 1140. The molecule has 0 bridgehead atoms. The number of benzene rings is 4. The first-order valence-electron chi connectivity index (χ1n) is 9.93. The van der Waals surface area contributed by atoms with Gasteiger partial charge in [-0.1, -0.05) is 97.1 Å². The van der Waals surface area contributed by atoms with Crippen LogP contribution in [0.15, 0.2) is 114 Å². The fourth-order valence-corrected chi connectivity index (χ4v) is 7.19. The quantitative estimate of drug-likeness (QED) is 0.281. The first-order valence-corrected chi connectivity index (χ1v) is 11.7. The number of para-hydroxylation sites is 1. The van der Waals surface area contributed by atoms with Crippen molar-refractivity contribution in [1.29, 1.82) is 0 Å². The van der Waals surface area contributed by atoms with Crippen LogP contribution in [0.25, 0.3) is 0 Å². The second-order valence-electron chi connectivity index (χ2n) is 6.97. The smallest absolute Gasteiger partial charge is 0.340 e. The van der Waals surface area contributed by atoms with Crippen molar-refractivity contribution in [3.63, 3.8) is 0 Å². The Kier molecular flexibility index (Phi) is 6.01. The summed E-state index contributed by atoms with van der Waals surface area (Å²) in [5, 5.41) is 3.32. The van der Waals surface area contributed by atoms with Gasteiger partial charge < -0.3 is 10.5 Å². The van der Waals surface area contributed by atoms with Crippen LogP contribution >= 0.6 is 7.05 Å². The summed E-state index contributed by atoms with van der Waals surface area (Å²) in [6.45, 7) is 0. The standard InChI is InChI=1S/C26H23N2O2P/c1-30-26(29)23-18-11-19-24(25(23)27)28-31(20-12-5-2-6-13-20,21-14-7-3-8-15-21)22-16-9-4-10-17-22/h2-19H,27H2,1H3. The number of carbonyl (C=O) groups is 1. The lowest BCUT2D eigenvalue weighted by Gasteiger charge is -2.27. The van der Waals surface area contributed by atoms with Crippen LogP contribution < -0.4 is 21.6 Å². The number of hydrogen-bond acceptors (Lipinski definition) is 4. The van der Waals surface area contributed by atoms with E-state index in [1.165, 1.54) is 7.11 Å². The molecule has 4 aromatic rings. The maximum Gasteiger partial charge on any atom is 0.340 e. The number of nitrogens with two attached hydrogens (primary N) is 1. The maximum atomic E-state index is 12.2. The molecule has 4 aromatic carbocycles. The van der Waals surface area contributed by atoms with Gasteiger partial charge in [-0.2, -0.15) is 0 Å². The summed E-state index contributed by atoms with van der Waals surface area (Å²) in [7, 11) is -1.12. The number of esters is 1. The molecule has 0 saturated carbocycles. The lowest BCUT2D eigenvalue weighted by atomic mass is 10.1. The molecule has 4 nitrogen and oxygen atoms in total. The van der Waals surface area contributed by atoms with Gasteiger partial charge in [-0.15, -0.1) is 0 Å². The molecule has 0 aromatic heterocycles. The van der Waals surface area contributed by atoms with Crippen molar-refractivity contribution in [3.8, 4) is 0 Å². The van der Waals surface area contributed by atoms with Crippen LogP contribution in [0, 0.1) is 0 Å². The summed E-state index contributed by atoms with van der Waals surface area (Å²) in [6, 6.07) is 36.1. The zero-order valence-corrected chi connectivity index (χ0v) is 18.1. The van der Waals surface area contributed by atoms with Crippen LogP contribution in [-0.4, -0.2) is 13.1 Å². The van der Waals surface area contributed by atoms with Gasteiger partial charge >= 0.3 is 5.97 Å². The van der Waals surface area contributed by atoms with E-state index in [2.05, 4.69) is 36.4 Å². The predicted molar refractivity (Wildman–Crippen MR) is 129 cm³/mol. The third kappa shape index (κ3) is 3.90. The van der Waals surface area contributed by atoms with Crippen molar-refractivity contribution >= 4 is 40.3 Å². The number of rotatable bonds is 5. The van der Waals surface area contributed by atoms with E-state index < -0.39 is 13.0 Å². The highest BCUT2D eigenvalue weighted by atomic mass is 31.2. The monoisotopic (exact) mass is 426 g/mol. The highest BCUT2D eigenvalue weighted by molar-refractivity contribution is 7.87. The highest BCUT2D eigenvalue weighted by Gasteiger charge is 2.28. The number of ether oxygens (including phenoxy) is 1. The lowest BCUT2D eigenvalue weighted by molar-refractivity contribution is 0.0602. The molecule has 0 fully saturated rings. The van der Waals surface area contributed by atoms with E-state index >= 15 is 0 Å². The summed E-state index contributed by atoms with van der Waals surface area (Å²) in [5.41, 5.74) is 7.64. The molecule has 5 heteroatoms. The molecule has 0 heterocycles. The molecule has 2 N–H and O–H groups in total. The van der Waals surface area contributed by atoms with Gasteiger partial charge in [0.15, 0.2) is 0 Å². The molecule has 154 valence electrons. The SMILES string of the molecule is COC(=O)c1cccc(N=P(c2ccccc2)(c2ccccc2)c2ccccc2)c1N. The van der Waals surface area contributed by atoms with Crippen molar-refractivity contribution in [2.75, 3.05) is 12.8 Å². The molecule has 0 atom stereocenters. The Morgan fingerprint density at radius 2 is 1.16 bits per heavy atom. The number of nitrogens with zero attached hydrogens (tertiary/aromatic N) is 1. The molecule has 0 saturated heterocycles. The van der Waals surface area contributed by atoms with Crippen LogP contribution in [0.3, 0.4) is 0 Å². The normalized spacial score (nSPS) is 11.0. The van der Waals surface area contributed by atoms with Crippen molar-refractivity contribution in [1.82, 2.24) is 0 Å². The number of carbonyl (C=O) groups excluding carboxylic acids is 1. The number of hydrogen-bond donors (Lipinski definition) is 1. The van der Waals surface area contributed by atoms with Crippen molar-refractivity contribution in [3.05, 3.63) is 115 Å². The third-order valence-electron chi connectivity index (χ3n) is 5.14. The molecular weight excluding hydrogens is 403 g/mol. The Morgan fingerprint density at radius 3 is 1.58 bits per heavy atom. The van der Waals surface area contributed by atoms with Gasteiger partial charge in [0.2, 0.25) is 0 Å². The van der Waals surface area contributed by atoms with E-state index in [4.69, 9.17) is 15.2 Å². The van der Waals surface area contributed by atoms with E-state index in [-0.39, 0.29) is 0 Å². The fraction of sp³-hybridized carbons (Fsp3) is 0.0385. The molecule has 31 heavy (non-hydrogen) atoms. The number of nitrogen functional groups attached to an aromatic ring is 1. The minimum Gasteiger partial charge on any atom is -0.465 e. The predicted octanol–water partition coefficient (Wildman–Crippen LogP) is 4.86. The van der Waals surface area contributed by atoms with E-state index in [9.17, 15) is 4.79 Å². The molecule has 0 amide bonds. The van der Waals surface area contributed by atoms with Gasteiger partial charge in [-0.25, -0.2) is 4.79 Å². The van der Waals surface area contributed by atoms with Crippen LogP contribution in [-0.2, 0) is 4.74 Å². The first kappa shape index (κ1) is 20.6. The van der Waals surface area contributed by atoms with Crippen molar-refractivity contribution in [2.24, 2.45) is 4.74 Å². The summed E-state index contributed by atoms with van der Waals surface area (Å²) >= 11 is 0. The van der Waals surface area contributed by atoms with Gasteiger partial charge in [0.1, 0.15) is 0 Å². The van der Waals surface area contributed by atoms with Crippen LogP contribution in [0.2, 0.25) is 0 Å². The van der Waals surface area contributed by atoms with E-state index in [1.807, 2.05) is 60.7 Å². The molecular formula is C26H23N2O2P. The largest absolute Gasteiger partial charge is 0.465 e. The van der Waals surface area contributed by atoms with E-state index in [1.54, 1.807) is 12.1 Å². The molecule has 0 spiro atoms. The maximum absolute atomic E-state index is 12.2. The molecule has 0 aliphatic carbocycles. The van der Waals surface area contributed by atoms with Crippen LogP contribution in [0.1, 0.15) is 10.4 Å². The number of anilines is 1. The number of methoxy groups -OCH3 is 1. The van der Waals surface area contributed by atoms with Gasteiger partial charge in [-0.3, -0.25) is 4.74 Å². The fourth-order valence-electron chi connectivity index (χ4n) is 3.64. The molecule has 0 aliphatic rings. The minimum atomic E-state index is -2.47. The zero-order valence-electron chi connectivity index (χ0n) is 17.2. The Morgan fingerprint density at radius 1 is 0.710 bits per heavy atom. The second-order valence-corrected chi connectivity index (χ2v) is 9.99. The Hall–Kier alpha value is -3.62. The first-order chi connectivity index (χ1) is 15.2. The zero-order chi connectivity index (χ0) is 21.7. The lowest BCUT2D eigenvalue weighted by Crippen LogP contribution is -2.25. The summed E-state index contributed by atoms with van der Waals surface area (Å²) in [6.07, 6.45) is 0. The third-order valence-corrected chi connectivity index (χ3v) is 8.79. The van der Waals surface area contributed by atoms with Gasteiger partial charge in [-0.05, 0) is 12.1 Å². The minimum absolute atomic E-state index is 0.316. The topological polar surface area (TPSA) is 64.7 Å². The average Bonchev–Trinajstić information content (AvgIpc) is 2.84. The average molecular weight is 426 g/mol. The van der Waals surface area contributed by atoms with Crippen LogP contribution in [0.4, 0.5) is 11.4 Å². The summed E-state index contributed by atoms with van der Waals surface area (Å²) in [4.78, 5) is 12.2. The van der Waals surface area contributed by atoms with Crippen molar-refractivity contribution in [2.45, 2.75) is 0 Å². The molecule has 0 unspecified atom stereocenters.